The van der Waals surface area contributed by atoms with Crippen LogP contribution in [0.5, 0.6) is 0 Å². The maximum atomic E-state index is 13.5. The Kier molecular flexibility index (Phi) is 4.78. The molecule has 0 spiro atoms. The summed E-state index contributed by atoms with van der Waals surface area (Å²) in [6.07, 6.45) is 4.83. The number of nitrogens with zero attached hydrogens (tertiary/aromatic N) is 3. The summed E-state index contributed by atoms with van der Waals surface area (Å²) in [5, 5.41) is 3.79. The van der Waals surface area contributed by atoms with Crippen LogP contribution in [-0.4, -0.2) is 20.0 Å². The topological polar surface area (TPSA) is 86.0 Å². The number of anilines is 1. The van der Waals surface area contributed by atoms with Gasteiger partial charge in [-0.1, -0.05) is 36.6 Å². The van der Waals surface area contributed by atoms with E-state index in [1.54, 1.807) is 25.2 Å². The molecule has 150 valence electrons. The molecule has 1 amide bonds. The quantitative estimate of drug-likeness (QED) is 0.716. The maximum Gasteiger partial charge on any atom is 0.332 e. The van der Waals surface area contributed by atoms with Crippen molar-refractivity contribution in [2.45, 2.75) is 31.1 Å². The van der Waals surface area contributed by atoms with Crippen LogP contribution >= 0.6 is 11.6 Å². The Morgan fingerprint density at radius 1 is 1.07 bits per heavy atom. The number of carbonyl (C=O) groups excluding carboxylic acids is 1. The molecule has 0 aliphatic heterocycles. The largest absolute Gasteiger partial charge is 0.332 e. The molecule has 1 N–H and O–H groups in total. The van der Waals surface area contributed by atoms with Gasteiger partial charge in [-0.3, -0.25) is 18.7 Å². The van der Waals surface area contributed by atoms with E-state index in [-0.39, 0.29) is 16.9 Å². The van der Waals surface area contributed by atoms with Gasteiger partial charge in [0.05, 0.1) is 11.1 Å². The highest BCUT2D eigenvalue weighted by Crippen LogP contribution is 2.42. The van der Waals surface area contributed by atoms with Crippen molar-refractivity contribution in [3.05, 3.63) is 68.0 Å². The molecule has 0 atom stereocenters. The molecule has 29 heavy (non-hydrogen) atoms. The Bertz CT molecular complexity index is 1220. The number of halogens is 1. The minimum Gasteiger partial charge on any atom is -0.324 e. The van der Waals surface area contributed by atoms with Gasteiger partial charge in [0.15, 0.2) is 5.65 Å². The molecule has 2 aromatic heterocycles. The Balaban J connectivity index is 1.82. The summed E-state index contributed by atoms with van der Waals surface area (Å²) in [6.45, 7) is 0. The highest BCUT2D eigenvalue weighted by Gasteiger charge is 2.42. The first-order chi connectivity index (χ1) is 13.8. The molecule has 4 rings (SSSR count). The van der Waals surface area contributed by atoms with Gasteiger partial charge in [-0.2, -0.15) is 0 Å². The lowest BCUT2D eigenvalue weighted by atomic mass is 9.78. The van der Waals surface area contributed by atoms with E-state index in [1.807, 2.05) is 12.1 Å². The van der Waals surface area contributed by atoms with E-state index in [0.29, 0.717) is 10.7 Å². The molecular formula is C21H21ClN4O3. The van der Waals surface area contributed by atoms with Crippen LogP contribution in [0.3, 0.4) is 0 Å². The molecule has 7 nitrogen and oxygen atoms in total. The smallest absolute Gasteiger partial charge is 0.324 e. The molecule has 0 unspecified atom stereocenters. The number of carbonyl (C=O) groups is 1. The predicted octanol–water partition coefficient (Wildman–Crippen LogP) is 2.74. The van der Waals surface area contributed by atoms with Gasteiger partial charge < -0.3 is 5.32 Å². The van der Waals surface area contributed by atoms with Gasteiger partial charge in [-0.05, 0) is 36.6 Å². The highest BCUT2D eigenvalue weighted by atomic mass is 35.5. The van der Waals surface area contributed by atoms with E-state index in [2.05, 4.69) is 10.3 Å². The third-order valence-corrected chi connectivity index (χ3v) is 6.13. The average molecular weight is 413 g/mol. The van der Waals surface area contributed by atoms with Crippen LogP contribution in [0.2, 0.25) is 5.02 Å². The van der Waals surface area contributed by atoms with Crippen molar-refractivity contribution >= 4 is 34.2 Å². The predicted molar refractivity (Wildman–Crippen MR) is 112 cm³/mol. The second-order valence-corrected chi connectivity index (χ2v) is 7.95. The van der Waals surface area contributed by atoms with Gasteiger partial charge in [0.25, 0.3) is 5.56 Å². The van der Waals surface area contributed by atoms with E-state index >= 15 is 0 Å². The number of benzene rings is 1. The Labute approximate surface area is 172 Å². The minimum atomic E-state index is -0.675. The first-order valence-electron chi connectivity index (χ1n) is 9.47. The molecular weight excluding hydrogens is 392 g/mol. The number of fused-ring (bicyclic) bond motifs is 1. The molecule has 1 aliphatic rings. The highest BCUT2D eigenvalue weighted by molar-refractivity contribution is 6.30. The van der Waals surface area contributed by atoms with Crippen molar-refractivity contribution < 1.29 is 4.79 Å². The number of hydrogen-bond donors (Lipinski definition) is 1. The van der Waals surface area contributed by atoms with Gasteiger partial charge in [0.1, 0.15) is 5.39 Å². The van der Waals surface area contributed by atoms with Crippen molar-refractivity contribution in [2.75, 3.05) is 5.32 Å². The zero-order valence-corrected chi connectivity index (χ0v) is 17.0. The van der Waals surface area contributed by atoms with E-state index in [4.69, 9.17) is 11.6 Å². The van der Waals surface area contributed by atoms with Crippen molar-refractivity contribution in [1.29, 1.82) is 0 Å². The summed E-state index contributed by atoms with van der Waals surface area (Å²) in [7, 11) is 2.96. The lowest BCUT2D eigenvalue weighted by Gasteiger charge is -2.28. The summed E-state index contributed by atoms with van der Waals surface area (Å²) in [5.74, 6) is -0.166. The number of aromatic nitrogens is 3. The molecule has 1 aliphatic carbocycles. The number of amides is 1. The van der Waals surface area contributed by atoms with Gasteiger partial charge in [0.2, 0.25) is 5.91 Å². The average Bonchev–Trinajstić information content (AvgIpc) is 3.22. The van der Waals surface area contributed by atoms with Crippen LogP contribution < -0.4 is 16.6 Å². The first kappa shape index (κ1) is 19.4. The van der Waals surface area contributed by atoms with E-state index in [1.165, 1.54) is 17.8 Å². The fraction of sp³-hybridized carbons (Fsp3) is 0.333. The third-order valence-electron chi connectivity index (χ3n) is 5.88. The molecule has 0 radical (unpaired) electrons. The lowest BCUT2D eigenvalue weighted by Crippen LogP contribution is -2.40. The summed E-state index contributed by atoms with van der Waals surface area (Å²) in [5.41, 5.74) is -0.119. The lowest BCUT2D eigenvalue weighted by molar-refractivity contribution is -0.121. The molecule has 1 fully saturated rings. The van der Waals surface area contributed by atoms with Gasteiger partial charge in [-0.15, -0.1) is 0 Å². The van der Waals surface area contributed by atoms with Crippen molar-refractivity contribution in [1.82, 2.24) is 14.1 Å². The Hall–Kier alpha value is -2.93. The van der Waals surface area contributed by atoms with Crippen LogP contribution in [-0.2, 0) is 24.3 Å². The second kappa shape index (κ2) is 7.15. The standard InChI is InChI=1S/C21H21ClN4O3/c1-25-17-16(18(27)26(2)20(25)29)15(9-12-23-17)24-19(28)21(10-3-4-11-21)13-5-7-14(22)8-6-13/h5-9,12H,3-4,10-11H2,1-2H3,(H,23,24,28). The van der Waals surface area contributed by atoms with Gasteiger partial charge in [0, 0.05) is 25.3 Å². The minimum absolute atomic E-state index is 0.166. The monoisotopic (exact) mass is 412 g/mol. The molecule has 1 saturated carbocycles. The number of pyridine rings is 1. The summed E-state index contributed by atoms with van der Waals surface area (Å²) < 4.78 is 2.32. The van der Waals surface area contributed by atoms with Crippen LogP contribution in [0, 0.1) is 0 Å². The Morgan fingerprint density at radius 3 is 2.38 bits per heavy atom. The zero-order chi connectivity index (χ0) is 20.8. The molecule has 0 bridgehead atoms. The van der Waals surface area contributed by atoms with Crippen LogP contribution in [0.4, 0.5) is 5.69 Å². The normalized spacial score (nSPS) is 15.6. The summed E-state index contributed by atoms with van der Waals surface area (Å²) in [6, 6.07) is 8.95. The van der Waals surface area contributed by atoms with Crippen LogP contribution in [0.1, 0.15) is 31.2 Å². The number of nitrogens with one attached hydrogen (secondary N) is 1. The summed E-state index contributed by atoms with van der Waals surface area (Å²) >= 11 is 6.03. The molecule has 3 aromatic rings. The van der Waals surface area contributed by atoms with Crippen LogP contribution in [0.25, 0.3) is 11.0 Å². The Morgan fingerprint density at radius 2 is 1.72 bits per heavy atom. The van der Waals surface area contributed by atoms with E-state index in [0.717, 1.165) is 35.8 Å². The second-order valence-electron chi connectivity index (χ2n) is 7.51. The van der Waals surface area contributed by atoms with Crippen molar-refractivity contribution in [3.63, 3.8) is 0 Å². The SMILES string of the molecule is Cn1c(=O)c2c(NC(=O)C3(c4ccc(Cl)cc4)CCCC3)ccnc2n(C)c1=O. The molecule has 8 heteroatoms. The van der Waals surface area contributed by atoms with Crippen LogP contribution in [0.15, 0.2) is 46.1 Å². The third kappa shape index (κ3) is 3.06. The van der Waals surface area contributed by atoms with E-state index < -0.39 is 16.7 Å². The molecule has 0 saturated heterocycles. The fourth-order valence-corrected chi connectivity index (χ4v) is 4.35. The van der Waals surface area contributed by atoms with Crippen molar-refractivity contribution in [2.24, 2.45) is 14.1 Å². The molecule has 1 aromatic carbocycles. The zero-order valence-electron chi connectivity index (χ0n) is 16.2. The number of aryl methyl sites for hydroxylation is 1. The first-order valence-corrected chi connectivity index (χ1v) is 9.85. The van der Waals surface area contributed by atoms with Gasteiger partial charge in [-0.25, -0.2) is 9.78 Å². The molecule has 2 heterocycles. The summed E-state index contributed by atoms with van der Waals surface area (Å²) in [4.78, 5) is 42.6. The fourth-order valence-electron chi connectivity index (χ4n) is 4.23. The number of hydrogen-bond acceptors (Lipinski definition) is 4. The maximum absolute atomic E-state index is 13.5. The van der Waals surface area contributed by atoms with Crippen molar-refractivity contribution in [3.8, 4) is 0 Å². The number of rotatable bonds is 3. The van der Waals surface area contributed by atoms with Gasteiger partial charge >= 0.3 is 5.69 Å². The van der Waals surface area contributed by atoms with E-state index in [9.17, 15) is 14.4 Å².